The van der Waals surface area contributed by atoms with Crippen LogP contribution in [0.1, 0.15) is 65.2 Å². The van der Waals surface area contributed by atoms with E-state index in [0.717, 1.165) is 45.2 Å². The number of rotatable bonds is 14. The average molecular weight is 599 g/mol. The molecule has 2 aliphatic rings. The zero-order valence-corrected chi connectivity index (χ0v) is 26.1. The minimum absolute atomic E-state index is 0.0207. The maximum absolute atomic E-state index is 12.7. The minimum atomic E-state index is -3.52. The second kappa shape index (κ2) is 17.8. The summed E-state index contributed by atoms with van der Waals surface area (Å²) in [5.74, 6) is -0.240. The van der Waals surface area contributed by atoms with Gasteiger partial charge in [-0.15, -0.1) is 0 Å². The highest BCUT2D eigenvalue weighted by atomic mass is 32.2. The average Bonchev–Trinajstić information content (AvgIpc) is 2.99. The Kier molecular flexibility index (Phi) is 15.3. The number of hydrogen-bond donors (Lipinski definition) is 1. The first-order chi connectivity index (χ1) is 19.7. The van der Waals surface area contributed by atoms with Crippen LogP contribution in [0.25, 0.3) is 0 Å². The van der Waals surface area contributed by atoms with E-state index in [4.69, 9.17) is 18.9 Å². The SMILES string of the molecule is CCOC(=O)C1(CCCOC)CCN(S(=O)(=O)c2ccccc2)CC1.CCOC(=O)C1(CCCOC)CCNCC1. The summed E-state index contributed by atoms with van der Waals surface area (Å²) in [4.78, 5) is 24.8. The largest absolute Gasteiger partial charge is 0.466 e. The predicted octanol–water partition coefficient (Wildman–Crippen LogP) is 3.79. The number of piperidine rings is 2. The Morgan fingerprint density at radius 1 is 0.805 bits per heavy atom. The van der Waals surface area contributed by atoms with Gasteiger partial charge in [0, 0.05) is 40.5 Å². The Morgan fingerprint density at radius 2 is 1.27 bits per heavy atom. The third-order valence-electron chi connectivity index (χ3n) is 8.05. The number of carbonyl (C=O) groups is 2. The van der Waals surface area contributed by atoms with Crippen molar-refractivity contribution in [1.29, 1.82) is 0 Å². The van der Waals surface area contributed by atoms with E-state index >= 15 is 0 Å². The van der Waals surface area contributed by atoms with Gasteiger partial charge in [-0.25, -0.2) is 8.42 Å². The molecule has 11 heteroatoms. The van der Waals surface area contributed by atoms with Gasteiger partial charge in [-0.3, -0.25) is 9.59 Å². The number of sulfonamides is 1. The number of nitrogens with one attached hydrogen (secondary N) is 1. The first-order valence-corrected chi connectivity index (χ1v) is 16.2. The van der Waals surface area contributed by atoms with Crippen LogP contribution in [0.3, 0.4) is 0 Å². The van der Waals surface area contributed by atoms with Crippen molar-refractivity contribution in [2.24, 2.45) is 10.8 Å². The van der Waals surface area contributed by atoms with Crippen molar-refractivity contribution in [2.75, 3.05) is 66.8 Å². The number of nitrogens with zero attached hydrogens (tertiary/aromatic N) is 1. The van der Waals surface area contributed by atoms with Gasteiger partial charge in [0.15, 0.2) is 0 Å². The van der Waals surface area contributed by atoms with E-state index in [9.17, 15) is 18.0 Å². The molecule has 0 unspecified atom stereocenters. The van der Waals surface area contributed by atoms with E-state index in [-0.39, 0.29) is 22.2 Å². The lowest BCUT2D eigenvalue weighted by atomic mass is 9.75. The maximum atomic E-state index is 12.7. The molecule has 1 aromatic carbocycles. The van der Waals surface area contributed by atoms with Crippen molar-refractivity contribution in [1.82, 2.24) is 9.62 Å². The Morgan fingerprint density at radius 3 is 1.71 bits per heavy atom. The fourth-order valence-electron chi connectivity index (χ4n) is 5.59. The number of hydrogen-bond acceptors (Lipinski definition) is 9. The molecule has 2 fully saturated rings. The van der Waals surface area contributed by atoms with Crippen LogP contribution < -0.4 is 5.32 Å². The molecule has 10 nitrogen and oxygen atoms in total. The molecule has 0 saturated carbocycles. The molecule has 41 heavy (non-hydrogen) atoms. The van der Waals surface area contributed by atoms with E-state index < -0.39 is 15.4 Å². The molecule has 0 aliphatic carbocycles. The molecule has 0 bridgehead atoms. The van der Waals surface area contributed by atoms with Crippen LogP contribution in [0.2, 0.25) is 0 Å². The van der Waals surface area contributed by atoms with Gasteiger partial charge >= 0.3 is 11.9 Å². The van der Waals surface area contributed by atoms with Crippen LogP contribution in [-0.4, -0.2) is 91.5 Å². The molecule has 1 N–H and O–H groups in total. The summed E-state index contributed by atoms with van der Waals surface area (Å²) in [7, 11) is -0.194. The number of carbonyl (C=O) groups excluding carboxylic acids is 2. The topological polar surface area (TPSA) is 120 Å². The molecular formula is C30H50N2O8S. The van der Waals surface area contributed by atoms with Crippen LogP contribution in [0.15, 0.2) is 35.2 Å². The van der Waals surface area contributed by atoms with Crippen LogP contribution in [0.4, 0.5) is 0 Å². The maximum Gasteiger partial charge on any atom is 0.312 e. The molecule has 0 atom stereocenters. The number of methoxy groups -OCH3 is 2. The highest BCUT2D eigenvalue weighted by Gasteiger charge is 2.44. The Labute approximate surface area is 246 Å². The van der Waals surface area contributed by atoms with Crippen LogP contribution >= 0.6 is 0 Å². The molecule has 234 valence electrons. The lowest BCUT2D eigenvalue weighted by Gasteiger charge is -2.39. The molecular weight excluding hydrogens is 548 g/mol. The molecule has 0 radical (unpaired) electrons. The second-order valence-electron chi connectivity index (χ2n) is 10.7. The van der Waals surface area contributed by atoms with Gasteiger partial charge in [0.1, 0.15) is 0 Å². The van der Waals surface area contributed by atoms with E-state index in [1.165, 1.54) is 4.31 Å². The highest BCUT2D eigenvalue weighted by Crippen LogP contribution is 2.39. The van der Waals surface area contributed by atoms with Crippen molar-refractivity contribution in [3.8, 4) is 0 Å². The number of esters is 2. The fourth-order valence-corrected chi connectivity index (χ4v) is 7.05. The van der Waals surface area contributed by atoms with E-state index in [0.29, 0.717) is 58.8 Å². The first-order valence-electron chi connectivity index (χ1n) is 14.8. The zero-order valence-electron chi connectivity index (χ0n) is 25.3. The summed E-state index contributed by atoms with van der Waals surface area (Å²) in [5.41, 5.74) is -0.878. The summed E-state index contributed by atoms with van der Waals surface area (Å²) in [6.45, 7) is 8.21. The van der Waals surface area contributed by atoms with Gasteiger partial charge < -0.3 is 24.3 Å². The van der Waals surface area contributed by atoms with Crippen molar-refractivity contribution in [2.45, 2.75) is 70.1 Å². The molecule has 0 aromatic heterocycles. The first kappa shape index (κ1) is 35.1. The third kappa shape index (κ3) is 10.0. The summed E-state index contributed by atoms with van der Waals surface area (Å²) in [6.07, 6.45) is 5.92. The van der Waals surface area contributed by atoms with E-state index in [1.54, 1.807) is 51.5 Å². The second-order valence-corrected chi connectivity index (χ2v) is 12.6. The van der Waals surface area contributed by atoms with Crippen LogP contribution in [-0.2, 0) is 38.6 Å². The standard InChI is InChI=1S/C18H27NO5S.C12H23NO3/c1-3-24-17(20)18(10-7-15-23-2)11-13-19(14-12-18)25(21,22)16-8-5-4-6-9-16;1-3-16-11(14)12(5-4-10-15-2)6-8-13-9-7-12/h4-6,8-9H,3,7,10-15H2,1-2H3;13H,3-10H2,1-2H3. The lowest BCUT2D eigenvalue weighted by molar-refractivity contribution is -0.159. The zero-order chi connectivity index (χ0) is 30.2. The Balaban J connectivity index is 0.000000317. The summed E-state index contributed by atoms with van der Waals surface area (Å²) in [6, 6.07) is 8.41. The summed E-state index contributed by atoms with van der Waals surface area (Å²) in [5, 5.41) is 3.29. The summed E-state index contributed by atoms with van der Waals surface area (Å²) < 4.78 is 47.6. The fraction of sp³-hybridized carbons (Fsp3) is 0.733. The van der Waals surface area contributed by atoms with Gasteiger partial charge in [0.05, 0.1) is 28.9 Å². The van der Waals surface area contributed by atoms with Crippen molar-refractivity contribution < 1.29 is 37.0 Å². The Bertz CT molecular complexity index is 1000. The third-order valence-corrected chi connectivity index (χ3v) is 9.96. The molecule has 2 saturated heterocycles. The lowest BCUT2D eigenvalue weighted by Crippen LogP contribution is -2.47. The Hall–Kier alpha value is -2.05. The monoisotopic (exact) mass is 598 g/mol. The normalized spacial score (nSPS) is 18.5. The van der Waals surface area contributed by atoms with Crippen molar-refractivity contribution in [3.05, 3.63) is 30.3 Å². The van der Waals surface area contributed by atoms with Crippen molar-refractivity contribution in [3.63, 3.8) is 0 Å². The quantitative estimate of drug-likeness (QED) is 0.252. The van der Waals surface area contributed by atoms with Crippen molar-refractivity contribution >= 4 is 22.0 Å². The molecule has 3 rings (SSSR count). The van der Waals surface area contributed by atoms with Gasteiger partial charge in [0.25, 0.3) is 0 Å². The molecule has 2 aliphatic heterocycles. The molecule has 0 amide bonds. The molecule has 0 spiro atoms. The van der Waals surface area contributed by atoms with Gasteiger partial charge in [-0.1, -0.05) is 18.2 Å². The molecule has 1 aromatic rings. The van der Waals surface area contributed by atoms with Crippen LogP contribution in [0.5, 0.6) is 0 Å². The number of ether oxygens (including phenoxy) is 4. The smallest absolute Gasteiger partial charge is 0.312 e. The minimum Gasteiger partial charge on any atom is -0.466 e. The van der Waals surface area contributed by atoms with Gasteiger partial charge in [-0.05, 0) is 90.4 Å². The highest BCUT2D eigenvalue weighted by molar-refractivity contribution is 7.89. The van der Waals surface area contributed by atoms with Gasteiger partial charge in [0.2, 0.25) is 10.0 Å². The van der Waals surface area contributed by atoms with Gasteiger partial charge in [-0.2, -0.15) is 4.31 Å². The van der Waals surface area contributed by atoms with Crippen LogP contribution in [0, 0.1) is 10.8 Å². The number of benzene rings is 1. The predicted molar refractivity (Wildman–Crippen MR) is 157 cm³/mol. The summed E-state index contributed by atoms with van der Waals surface area (Å²) >= 11 is 0. The van der Waals surface area contributed by atoms with E-state index in [1.807, 2.05) is 6.92 Å². The molecule has 2 heterocycles. The van der Waals surface area contributed by atoms with E-state index in [2.05, 4.69) is 5.32 Å².